The molecule has 0 spiro atoms. The summed E-state index contributed by atoms with van der Waals surface area (Å²) in [6.07, 6.45) is 2.13. The van der Waals surface area contributed by atoms with Gasteiger partial charge in [-0.1, -0.05) is 41.5 Å². The topological polar surface area (TPSA) is 74.6 Å². The Bertz CT molecular complexity index is 351. The second kappa shape index (κ2) is 6.22. The van der Waals surface area contributed by atoms with Crippen molar-refractivity contribution in [3.05, 3.63) is 11.6 Å². The molecule has 0 saturated heterocycles. The van der Waals surface area contributed by atoms with E-state index in [1.165, 1.54) is 0 Å². The molecule has 0 heterocycles. The fraction of sp³-hybridized carbons (Fsp3) is 0.733. The minimum atomic E-state index is -1.20. The Labute approximate surface area is 115 Å². The molecular weight excluding hydrogens is 244 g/mol. The zero-order valence-electron chi connectivity index (χ0n) is 12.8. The lowest BCUT2D eigenvalue weighted by atomic mass is 9.73. The molecule has 0 aliphatic carbocycles. The van der Waals surface area contributed by atoms with Crippen molar-refractivity contribution in [1.82, 2.24) is 0 Å². The van der Waals surface area contributed by atoms with Gasteiger partial charge in [0.2, 0.25) is 0 Å². The van der Waals surface area contributed by atoms with E-state index in [0.717, 1.165) is 6.08 Å². The van der Waals surface area contributed by atoms with Crippen molar-refractivity contribution in [2.24, 2.45) is 16.7 Å². The molecule has 0 aliphatic rings. The third-order valence-corrected chi connectivity index (χ3v) is 2.68. The maximum absolute atomic E-state index is 11.3. The first kappa shape index (κ1) is 17.7. The van der Waals surface area contributed by atoms with Gasteiger partial charge in [0, 0.05) is 11.6 Å². The van der Waals surface area contributed by atoms with Gasteiger partial charge in [0.25, 0.3) is 0 Å². The smallest absolute Gasteiger partial charge is 0.332 e. The zero-order valence-corrected chi connectivity index (χ0v) is 12.8. The lowest BCUT2D eigenvalue weighted by Gasteiger charge is -2.31. The zero-order chi connectivity index (χ0) is 15.4. The second-order valence-corrected chi connectivity index (χ2v) is 7.47. The van der Waals surface area contributed by atoms with Gasteiger partial charge in [0.1, 0.15) is 0 Å². The summed E-state index contributed by atoms with van der Waals surface area (Å²) in [5, 5.41) is 18.1. The Morgan fingerprint density at radius 1 is 0.947 bits per heavy atom. The van der Waals surface area contributed by atoms with Gasteiger partial charge in [-0.2, -0.15) is 0 Å². The van der Waals surface area contributed by atoms with Crippen LogP contribution in [-0.4, -0.2) is 22.2 Å². The van der Waals surface area contributed by atoms with Crippen LogP contribution in [0.15, 0.2) is 11.6 Å². The Kier molecular flexibility index (Phi) is 5.79. The van der Waals surface area contributed by atoms with Crippen molar-refractivity contribution in [3.63, 3.8) is 0 Å². The average molecular weight is 270 g/mol. The molecule has 110 valence electrons. The molecule has 0 aromatic rings. The number of hydrogen-bond donors (Lipinski definition) is 2. The molecule has 0 unspecified atom stereocenters. The molecule has 0 radical (unpaired) electrons. The summed E-state index contributed by atoms with van der Waals surface area (Å²) in [5.74, 6) is -2.60. The van der Waals surface area contributed by atoms with Crippen LogP contribution < -0.4 is 0 Å². The molecule has 0 atom stereocenters. The first-order valence-corrected chi connectivity index (χ1v) is 6.50. The fourth-order valence-electron chi connectivity index (χ4n) is 2.26. The molecule has 0 saturated carbocycles. The highest BCUT2D eigenvalue weighted by atomic mass is 16.4. The monoisotopic (exact) mass is 270 g/mol. The average Bonchev–Trinajstić information content (AvgIpc) is 2.07. The second-order valence-electron chi connectivity index (χ2n) is 7.47. The van der Waals surface area contributed by atoms with E-state index in [1.54, 1.807) is 0 Å². The first-order chi connectivity index (χ1) is 8.32. The van der Waals surface area contributed by atoms with E-state index >= 15 is 0 Å². The van der Waals surface area contributed by atoms with E-state index in [4.69, 9.17) is 5.11 Å². The van der Waals surface area contributed by atoms with Crippen molar-refractivity contribution in [3.8, 4) is 0 Å². The van der Waals surface area contributed by atoms with E-state index in [-0.39, 0.29) is 22.3 Å². The Hall–Kier alpha value is -1.32. The molecule has 4 nitrogen and oxygen atoms in total. The molecule has 0 aliphatic heterocycles. The normalized spacial score (nSPS) is 13.7. The summed E-state index contributed by atoms with van der Waals surface area (Å²) in [5.41, 5.74) is -0.108. The van der Waals surface area contributed by atoms with Gasteiger partial charge in [0.05, 0.1) is 0 Å². The van der Waals surface area contributed by atoms with Crippen LogP contribution in [-0.2, 0) is 9.59 Å². The molecule has 0 aromatic carbocycles. The summed E-state index contributed by atoms with van der Waals surface area (Å²) in [6.45, 7) is 12.2. The van der Waals surface area contributed by atoms with E-state index in [0.29, 0.717) is 12.8 Å². The fourth-order valence-corrected chi connectivity index (χ4v) is 2.26. The summed E-state index contributed by atoms with van der Waals surface area (Å²) >= 11 is 0. The largest absolute Gasteiger partial charge is 0.478 e. The van der Waals surface area contributed by atoms with E-state index in [9.17, 15) is 14.7 Å². The molecule has 0 amide bonds. The van der Waals surface area contributed by atoms with Gasteiger partial charge in [-0.05, 0) is 29.6 Å². The highest BCUT2D eigenvalue weighted by molar-refractivity contribution is 5.95. The summed E-state index contributed by atoms with van der Waals surface area (Å²) in [6, 6.07) is 0. The minimum absolute atomic E-state index is 0.00245. The van der Waals surface area contributed by atoms with E-state index in [1.807, 2.05) is 41.5 Å². The highest BCUT2D eigenvalue weighted by Gasteiger charge is 2.30. The number of carboxylic acid groups (broad SMARTS) is 2. The van der Waals surface area contributed by atoms with Crippen molar-refractivity contribution in [2.45, 2.75) is 54.4 Å². The number of hydrogen-bond acceptors (Lipinski definition) is 2. The number of aliphatic carboxylic acids is 2. The van der Waals surface area contributed by atoms with Crippen molar-refractivity contribution in [1.29, 1.82) is 0 Å². The molecule has 0 rings (SSSR count). The first-order valence-electron chi connectivity index (χ1n) is 6.50. The summed E-state index contributed by atoms with van der Waals surface area (Å²) in [7, 11) is 0. The Morgan fingerprint density at radius 2 is 1.32 bits per heavy atom. The van der Waals surface area contributed by atoms with Crippen LogP contribution in [0, 0.1) is 16.7 Å². The van der Waals surface area contributed by atoms with Crippen LogP contribution in [0.4, 0.5) is 0 Å². The number of rotatable bonds is 5. The molecule has 0 bridgehead atoms. The third kappa shape index (κ3) is 8.41. The standard InChI is InChI=1S/C15H26O4/c1-14(2,3)8-10(9-15(4,5)6)11(13(18)19)7-12(16)17/h7,10H,8-9H2,1-6H3,(H,16,17)(H,18,19)/b11-7+. The van der Waals surface area contributed by atoms with Gasteiger partial charge in [-0.15, -0.1) is 0 Å². The predicted octanol–water partition coefficient (Wildman–Crippen LogP) is 3.57. The van der Waals surface area contributed by atoms with Crippen LogP contribution in [0.1, 0.15) is 54.4 Å². The van der Waals surface area contributed by atoms with Gasteiger partial charge in [-0.25, -0.2) is 9.59 Å². The SMILES string of the molecule is CC(C)(C)CC(CC(C)(C)C)/C(=C\C(=O)O)C(=O)O. The van der Waals surface area contributed by atoms with Gasteiger partial charge in [-0.3, -0.25) is 0 Å². The molecule has 0 aromatic heterocycles. The molecule has 2 N–H and O–H groups in total. The lowest BCUT2D eigenvalue weighted by molar-refractivity contribution is -0.135. The summed E-state index contributed by atoms with van der Waals surface area (Å²) < 4.78 is 0. The van der Waals surface area contributed by atoms with E-state index in [2.05, 4.69) is 0 Å². The Balaban J connectivity index is 5.41. The molecule has 0 fully saturated rings. The van der Waals surface area contributed by atoms with Crippen molar-refractivity contribution in [2.75, 3.05) is 0 Å². The quantitative estimate of drug-likeness (QED) is 0.749. The van der Waals surface area contributed by atoms with Crippen LogP contribution in [0.2, 0.25) is 0 Å². The molecule has 4 heteroatoms. The van der Waals surface area contributed by atoms with Crippen molar-refractivity contribution < 1.29 is 19.8 Å². The predicted molar refractivity (Wildman–Crippen MR) is 75.0 cm³/mol. The lowest BCUT2D eigenvalue weighted by Crippen LogP contribution is -2.24. The van der Waals surface area contributed by atoms with E-state index < -0.39 is 11.9 Å². The van der Waals surface area contributed by atoms with Crippen LogP contribution in [0.3, 0.4) is 0 Å². The van der Waals surface area contributed by atoms with Crippen molar-refractivity contribution >= 4 is 11.9 Å². The number of carbonyl (C=O) groups is 2. The molecular formula is C15H26O4. The number of carboxylic acids is 2. The maximum Gasteiger partial charge on any atom is 0.332 e. The van der Waals surface area contributed by atoms with Crippen LogP contribution in [0.5, 0.6) is 0 Å². The maximum atomic E-state index is 11.3. The van der Waals surface area contributed by atoms with Gasteiger partial charge >= 0.3 is 11.9 Å². The minimum Gasteiger partial charge on any atom is -0.478 e. The van der Waals surface area contributed by atoms with Gasteiger partial charge < -0.3 is 10.2 Å². The highest BCUT2D eigenvalue weighted by Crippen LogP contribution is 2.37. The Morgan fingerprint density at radius 3 is 1.53 bits per heavy atom. The third-order valence-electron chi connectivity index (χ3n) is 2.68. The van der Waals surface area contributed by atoms with Crippen LogP contribution in [0.25, 0.3) is 0 Å². The molecule has 19 heavy (non-hydrogen) atoms. The summed E-state index contributed by atoms with van der Waals surface area (Å²) in [4.78, 5) is 22.1. The van der Waals surface area contributed by atoms with Gasteiger partial charge in [0.15, 0.2) is 0 Å². The van der Waals surface area contributed by atoms with Crippen LogP contribution >= 0.6 is 0 Å².